The van der Waals surface area contributed by atoms with Gasteiger partial charge in [0.2, 0.25) is 0 Å². The van der Waals surface area contributed by atoms with Gasteiger partial charge in [-0.3, -0.25) is 4.79 Å². The number of ether oxygens (including phenoxy) is 1. The Bertz CT molecular complexity index is 587. The van der Waals surface area contributed by atoms with Crippen molar-refractivity contribution in [1.82, 2.24) is 0 Å². The van der Waals surface area contributed by atoms with Crippen molar-refractivity contribution in [3.05, 3.63) is 29.3 Å². The number of fused-ring (bicyclic) bond motifs is 1. The minimum atomic E-state index is -4.42. The monoisotopic (exact) mass is 330 g/mol. The first-order valence-electron chi connectivity index (χ1n) is 7.49. The van der Waals surface area contributed by atoms with Crippen molar-refractivity contribution in [2.45, 2.75) is 57.6 Å². The Morgan fingerprint density at radius 2 is 2.04 bits per heavy atom. The number of carbonyl (C=O) groups is 1. The summed E-state index contributed by atoms with van der Waals surface area (Å²) in [5, 5.41) is 0. The third-order valence-electron chi connectivity index (χ3n) is 4.29. The summed E-state index contributed by atoms with van der Waals surface area (Å²) in [7, 11) is 0. The van der Waals surface area contributed by atoms with Crippen LogP contribution in [0.15, 0.2) is 18.2 Å². The van der Waals surface area contributed by atoms with Gasteiger partial charge >= 0.3 is 6.18 Å². The summed E-state index contributed by atoms with van der Waals surface area (Å²) in [5.74, 6) is 0. The Morgan fingerprint density at radius 3 is 2.57 bits per heavy atom. The summed E-state index contributed by atoms with van der Waals surface area (Å²) < 4.78 is 44.0. The molecule has 0 aromatic heterocycles. The molecule has 0 fully saturated rings. The van der Waals surface area contributed by atoms with Gasteiger partial charge in [0.1, 0.15) is 0 Å². The van der Waals surface area contributed by atoms with Crippen LogP contribution in [-0.4, -0.2) is 18.2 Å². The number of carbonyl (C=O) groups excluding carboxylic acids is 1. The van der Waals surface area contributed by atoms with Gasteiger partial charge in [0.15, 0.2) is 5.72 Å². The highest BCUT2D eigenvalue weighted by Gasteiger charge is 2.41. The van der Waals surface area contributed by atoms with Crippen LogP contribution in [0, 0.1) is 0 Å². The van der Waals surface area contributed by atoms with Crippen molar-refractivity contribution >= 4 is 12.2 Å². The molecule has 0 saturated carbocycles. The summed E-state index contributed by atoms with van der Waals surface area (Å²) in [6.45, 7) is 5.74. The molecule has 1 aliphatic heterocycles. The summed E-state index contributed by atoms with van der Waals surface area (Å²) in [6.07, 6.45) is -3.19. The number of anilines is 1. The van der Waals surface area contributed by atoms with E-state index in [0.717, 1.165) is 18.6 Å². The minimum Gasteiger partial charge on any atom is -0.442 e. The standard InChI is InChI=1S/C16H21F3N2O2/c1-4-11-8-13(20)12-7-10(16(17,18)19)5-6-14(12)21(11)15(2,3)23-9-22/h5-7,9,11,13H,4,8,20H2,1-3H3. The molecule has 2 N–H and O–H groups in total. The van der Waals surface area contributed by atoms with Crippen LogP contribution in [0.1, 0.15) is 50.8 Å². The average molecular weight is 330 g/mol. The molecule has 1 aromatic carbocycles. The molecule has 2 rings (SSSR count). The maximum absolute atomic E-state index is 13.0. The number of nitrogens with two attached hydrogens (primary N) is 1. The van der Waals surface area contributed by atoms with Gasteiger partial charge in [-0.1, -0.05) is 6.92 Å². The highest BCUT2D eigenvalue weighted by atomic mass is 19.4. The van der Waals surface area contributed by atoms with Gasteiger partial charge in [-0.15, -0.1) is 0 Å². The Kier molecular flexibility index (Phi) is 4.61. The van der Waals surface area contributed by atoms with Gasteiger partial charge in [-0.2, -0.15) is 13.2 Å². The van der Waals surface area contributed by atoms with E-state index in [9.17, 15) is 18.0 Å². The van der Waals surface area contributed by atoms with Crippen molar-refractivity contribution in [2.75, 3.05) is 4.90 Å². The maximum Gasteiger partial charge on any atom is 0.416 e. The molecule has 0 spiro atoms. The number of hydrogen-bond donors (Lipinski definition) is 1. The van der Waals surface area contributed by atoms with Crippen LogP contribution in [0.4, 0.5) is 18.9 Å². The molecule has 1 aromatic rings. The van der Waals surface area contributed by atoms with Crippen molar-refractivity contribution in [2.24, 2.45) is 5.73 Å². The van der Waals surface area contributed by atoms with E-state index in [1.54, 1.807) is 13.8 Å². The number of nitrogens with zero attached hydrogens (tertiary/aromatic N) is 1. The Morgan fingerprint density at radius 1 is 1.39 bits per heavy atom. The van der Waals surface area contributed by atoms with E-state index in [1.165, 1.54) is 6.07 Å². The summed E-state index contributed by atoms with van der Waals surface area (Å²) in [4.78, 5) is 12.6. The van der Waals surface area contributed by atoms with Crippen LogP contribution in [0.2, 0.25) is 0 Å². The Balaban J connectivity index is 2.57. The second kappa shape index (κ2) is 6.03. The lowest BCUT2D eigenvalue weighted by atomic mass is 9.87. The van der Waals surface area contributed by atoms with Crippen molar-refractivity contribution < 1.29 is 22.7 Å². The fraction of sp³-hybridized carbons (Fsp3) is 0.562. The predicted octanol–water partition coefficient (Wildman–Crippen LogP) is 3.60. The minimum absolute atomic E-state index is 0.0239. The van der Waals surface area contributed by atoms with E-state index >= 15 is 0 Å². The fourth-order valence-corrected chi connectivity index (χ4v) is 3.22. The molecule has 23 heavy (non-hydrogen) atoms. The molecular weight excluding hydrogens is 309 g/mol. The SMILES string of the molecule is CCC1CC(N)c2cc(C(F)(F)F)ccc2N1C(C)(C)OC=O. The smallest absolute Gasteiger partial charge is 0.416 e. The molecule has 1 aliphatic rings. The lowest BCUT2D eigenvalue weighted by Gasteiger charge is -2.48. The molecule has 0 saturated heterocycles. The van der Waals surface area contributed by atoms with E-state index in [2.05, 4.69) is 0 Å². The van der Waals surface area contributed by atoms with Gasteiger partial charge < -0.3 is 15.4 Å². The molecule has 1 heterocycles. The van der Waals surface area contributed by atoms with Crippen LogP contribution < -0.4 is 10.6 Å². The molecule has 128 valence electrons. The summed E-state index contributed by atoms with van der Waals surface area (Å²) in [6, 6.07) is 3.03. The first kappa shape index (κ1) is 17.6. The van der Waals surface area contributed by atoms with Crippen LogP contribution >= 0.6 is 0 Å². The second-order valence-corrected chi connectivity index (χ2v) is 6.21. The zero-order chi connectivity index (χ0) is 17.4. The van der Waals surface area contributed by atoms with E-state index in [-0.39, 0.29) is 6.04 Å². The van der Waals surface area contributed by atoms with E-state index in [0.29, 0.717) is 24.1 Å². The van der Waals surface area contributed by atoms with Gasteiger partial charge in [0.05, 0.1) is 5.56 Å². The molecular formula is C16H21F3N2O2. The lowest BCUT2D eigenvalue weighted by molar-refractivity contribution is -0.141. The number of benzene rings is 1. The van der Waals surface area contributed by atoms with Crippen LogP contribution in [0.3, 0.4) is 0 Å². The van der Waals surface area contributed by atoms with Gasteiger partial charge in [0.25, 0.3) is 6.47 Å². The Labute approximate surface area is 133 Å². The van der Waals surface area contributed by atoms with Crippen molar-refractivity contribution in [3.8, 4) is 0 Å². The quantitative estimate of drug-likeness (QED) is 0.857. The van der Waals surface area contributed by atoms with E-state index < -0.39 is 23.5 Å². The third-order valence-corrected chi connectivity index (χ3v) is 4.29. The zero-order valence-electron chi connectivity index (χ0n) is 13.4. The molecule has 0 amide bonds. The van der Waals surface area contributed by atoms with Crippen LogP contribution in [-0.2, 0) is 15.7 Å². The largest absolute Gasteiger partial charge is 0.442 e. The van der Waals surface area contributed by atoms with Gasteiger partial charge in [-0.05, 0) is 50.5 Å². The molecule has 0 bridgehead atoms. The highest BCUT2D eigenvalue weighted by molar-refractivity contribution is 5.61. The molecule has 7 heteroatoms. The van der Waals surface area contributed by atoms with E-state index in [1.807, 2.05) is 11.8 Å². The van der Waals surface area contributed by atoms with Crippen LogP contribution in [0.25, 0.3) is 0 Å². The average Bonchev–Trinajstić information content (AvgIpc) is 2.45. The first-order chi connectivity index (χ1) is 10.6. The zero-order valence-corrected chi connectivity index (χ0v) is 13.4. The number of alkyl halides is 3. The summed E-state index contributed by atoms with van der Waals surface area (Å²) >= 11 is 0. The third kappa shape index (κ3) is 3.29. The first-order valence-corrected chi connectivity index (χ1v) is 7.49. The molecule has 0 radical (unpaired) electrons. The maximum atomic E-state index is 13.0. The molecule has 4 nitrogen and oxygen atoms in total. The molecule has 0 aliphatic carbocycles. The van der Waals surface area contributed by atoms with Crippen molar-refractivity contribution in [3.63, 3.8) is 0 Å². The highest BCUT2D eigenvalue weighted by Crippen LogP contribution is 2.43. The van der Waals surface area contributed by atoms with Crippen molar-refractivity contribution in [1.29, 1.82) is 0 Å². The number of hydrogen-bond acceptors (Lipinski definition) is 4. The van der Waals surface area contributed by atoms with E-state index in [4.69, 9.17) is 10.5 Å². The van der Waals surface area contributed by atoms with Crippen LogP contribution in [0.5, 0.6) is 0 Å². The number of rotatable bonds is 4. The second-order valence-electron chi connectivity index (χ2n) is 6.21. The molecule has 2 atom stereocenters. The predicted molar refractivity (Wildman–Crippen MR) is 80.8 cm³/mol. The topological polar surface area (TPSA) is 55.6 Å². The molecule has 2 unspecified atom stereocenters. The van der Waals surface area contributed by atoms with Gasteiger partial charge in [0, 0.05) is 17.8 Å². The Hall–Kier alpha value is -1.76. The summed E-state index contributed by atoms with van der Waals surface area (Å²) in [5.41, 5.74) is 5.40. The lowest BCUT2D eigenvalue weighted by Crippen LogP contribution is -2.55. The van der Waals surface area contributed by atoms with Gasteiger partial charge in [-0.25, -0.2) is 0 Å². The number of halogens is 3. The fourth-order valence-electron chi connectivity index (χ4n) is 3.22. The normalized spacial score (nSPS) is 21.8.